The minimum Gasteiger partial charge on any atom is -0.330 e. The second kappa shape index (κ2) is 3.84. The summed E-state index contributed by atoms with van der Waals surface area (Å²) in [7, 11) is 4.33. The topological polar surface area (TPSA) is 21.1 Å². The van der Waals surface area contributed by atoms with Gasteiger partial charge in [-0.05, 0) is 51.1 Å². The van der Waals surface area contributed by atoms with Crippen molar-refractivity contribution in [2.75, 3.05) is 13.6 Å². The van der Waals surface area contributed by atoms with Crippen LogP contribution in [-0.2, 0) is 7.05 Å². The second-order valence-corrected chi connectivity index (χ2v) is 5.16. The lowest BCUT2D eigenvalue weighted by Crippen LogP contribution is -2.20. The molecule has 0 aliphatic carbocycles. The molecule has 3 heteroatoms. The van der Waals surface area contributed by atoms with E-state index >= 15 is 0 Å². The van der Waals surface area contributed by atoms with Gasteiger partial charge in [-0.3, -0.25) is 4.90 Å². The van der Waals surface area contributed by atoms with E-state index in [2.05, 4.69) is 48.7 Å². The standard InChI is InChI=1S/C14H19N3/c1-10-6-7-12-11(9-10)15-14(17(12)3)13-5-4-8-16(13)2/h6-7,9,13H,4-5,8H2,1-3H3. The highest BCUT2D eigenvalue weighted by atomic mass is 15.2. The van der Waals surface area contributed by atoms with Gasteiger partial charge in [0.15, 0.2) is 0 Å². The van der Waals surface area contributed by atoms with Crippen molar-refractivity contribution in [3.05, 3.63) is 29.6 Å². The largest absolute Gasteiger partial charge is 0.330 e. The fourth-order valence-corrected chi connectivity index (χ4v) is 2.86. The predicted octanol–water partition coefficient (Wildman–Crippen LogP) is 2.65. The van der Waals surface area contributed by atoms with E-state index in [4.69, 9.17) is 4.98 Å². The monoisotopic (exact) mass is 229 g/mol. The molecule has 1 aliphatic rings. The summed E-state index contributed by atoms with van der Waals surface area (Å²) in [5.74, 6) is 1.21. The summed E-state index contributed by atoms with van der Waals surface area (Å²) in [6, 6.07) is 7.00. The Morgan fingerprint density at radius 1 is 1.29 bits per heavy atom. The lowest BCUT2D eigenvalue weighted by Gasteiger charge is -2.18. The smallest absolute Gasteiger partial charge is 0.127 e. The van der Waals surface area contributed by atoms with Crippen LogP contribution in [0, 0.1) is 6.92 Å². The average molecular weight is 229 g/mol. The molecule has 2 aromatic rings. The van der Waals surface area contributed by atoms with Gasteiger partial charge in [-0.15, -0.1) is 0 Å². The van der Waals surface area contributed by atoms with Crippen LogP contribution in [0.15, 0.2) is 18.2 Å². The zero-order chi connectivity index (χ0) is 12.0. The molecule has 0 bridgehead atoms. The van der Waals surface area contributed by atoms with Gasteiger partial charge in [0.05, 0.1) is 17.1 Å². The number of rotatable bonds is 1. The van der Waals surface area contributed by atoms with E-state index in [9.17, 15) is 0 Å². The Morgan fingerprint density at radius 2 is 2.12 bits per heavy atom. The van der Waals surface area contributed by atoms with Crippen LogP contribution in [0.1, 0.15) is 30.3 Å². The van der Waals surface area contributed by atoms with Crippen LogP contribution in [0.2, 0.25) is 0 Å². The zero-order valence-electron chi connectivity index (χ0n) is 10.8. The highest BCUT2D eigenvalue weighted by Gasteiger charge is 2.26. The fraction of sp³-hybridized carbons (Fsp3) is 0.500. The normalized spacial score (nSPS) is 21.5. The number of nitrogens with zero attached hydrogens (tertiary/aromatic N) is 3. The first kappa shape index (κ1) is 10.8. The third kappa shape index (κ3) is 1.65. The molecule has 1 aliphatic heterocycles. The van der Waals surface area contributed by atoms with Crippen molar-refractivity contribution in [1.82, 2.24) is 14.5 Å². The van der Waals surface area contributed by atoms with Gasteiger partial charge >= 0.3 is 0 Å². The highest BCUT2D eigenvalue weighted by molar-refractivity contribution is 5.76. The van der Waals surface area contributed by atoms with Crippen LogP contribution in [0.5, 0.6) is 0 Å². The molecule has 17 heavy (non-hydrogen) atoms. The molecule has 2 heterocycles. The summed E-state index contributed by atoms with van der Waals surface area (Å²) in [5.41, 5.74) is 3.65. The van der Waals surface area contributed by atoms with Crippen molar-refractivity contribution in [3.63, 3.8) is 0 Å². The lowest BCUT2D eigenvalue weighted by atomic mass is 10.2. The van der Waals surface area contributed by atoms with E-state index in [0.29, 0.717) is 6.04 Å². The Morgan fingerprint density at radius 3 is 2.82 bits per heavy atom. The first-order valence-electron chi connectivity index (χ1n) is 6.30. The summed E-state index contributed by atoms with van der Waals surface area (Å²) in [6.07, 6.45) is 2.51. The van der Waals surface area contributed by atoms with E-state index in [1.165, 1.54) is 36.3 Å². The molecule has 3 nitrogen and oxygen atoms in total. The molecule has 1 fully saturated rings. The zero-order valence-corrected chi connectivity index (χ0v) is 10.8. The van der Waals surface area contributed by atoms with E-state index in [-0.39, 0.29) is 0 Å². The number of fused-ring (bicyclic) bond motifs is 1. The van der Waals surface area contributed by atoms with Gasteiger partial charge in [0.1, 0.15) is 5.82 Å². The SMILES string of the molecule is Cc1ccc2c(c1)nc(C1CCCN1C)n2C. The van der Waals surface area contributed by atoms with Crippen LogP contribution >= 0.6 is 0 Å². The van der Waals surface area contributed by atoms with Crippen LogP contribution in [0.25, 0.3) is 11.0 Å². The van der Waals surface area contributed by atoms with Gasteiger partial charge in [-0.1, -0.05) is 6.07 Å². The minimum absolute atomic E-state index is 0.493. The van der Waals surface area contributed by atoms with E-state index in [1.807, 2.05) is 0 Å². The van der Waals surface area contributed by atoms with Crippen molar-refractivity contribution in [2.45, 2.75) is 25.8 Å². The summed E-state index contributed by atoms with van der Waals surface area (Å²) in [6.45, 7) is 3.31. The maximum Gasteiger partial charge on any atom is 0.127 e. The number of aryl methyl sites for hydroxylation is 2. The minimum atomic E-state index is 0.493. The van der Waals surface area contributed by atoms with Gasteiger partial charge in [0.2, 0.25) is 0 Å². The molecule has 0 radical (unpaired) electrons. The molecular formula is C14H19N3. The number of likely N-dealkylation sites (tertiary alicyclic amines) is 1. The highest BCUT2D eigenvalue weighted by Crippen LogP contribution is 2.31. The molecule has 1 aromatic heterocycles. The number of aromatic nitrogens is 2. The van der Waals surface area contributed by atoms with Crippen molar-refractivity contribution in [3.8, 4) is 0 Å². The summed E-state index contributed by atoms with van der Waals surface area (Å²) < 4.78 is 2.25. The third-order valence-corrected chi connectivity index (χ3v) is 3.89. The number of imidazole rings is 1. The first-order chi connectivity index (χ1) is 8.16. The van der Waals surface area contributed by atoms with Crippen LogP contribution in [0.3, 0.4) is 0 Å². The Balaban J connectivity index is 2.14. The molecule has 1 atom stereocenters. The number of hydrogen-bond donors (Lipinski definition) is 0. The molecule has 90 valence electrons. The second-order valence-electron chi connectivity index (χ2n) is 5.16. The average Bonchev–Trinajstić information content (AvgIpc) is 2.83. The Labute approximate surface area is 102 Å². The van der Waals surface area contributed by atoms with Crippen molar-refractivity contribution in [2.24, 2.45) is 7.05 Å². The molecule has 0 amide bonds. The van der Waals surface area contributed by atoms with Gasteiger partial charge in [-0.25, -0.2) is 4.98 Å². The maximum absolute atomic E-state index is 4.83. The maximum atomic E-state index is 4.83. The Hall–Kier alpha value is -1.35. The molecule has 1 unspecified atom stereocenters. The molecule has 1 saturated heterocycles. The van der Waals surface area contributed by atoms with Crippen molar-refractivity contribution >= 4 is 11.0 Å². The van der Waals surface area contributed by atoms with Crippen LogP contribution < -0.4 is 0 Å². The molecule has 3 rings (SSSR count). The Bertz CT molecular complexity index is 556. The molecule has 0 spiro atoms. The van der Waals surface area contributed by atoms with E-state index < -0.39 is 0 Å². The molecule has 1 aromatic carbocycles. The fourth-order valence-electron chi connectivity index (χ4n) is 2.86. The van der Waals surface area contributed by atoms with Gasteiger partial charge in [0, 0.05) is 7.05 Å². The van der Waals surface area contributed by atoms with Crippen LogP contribution in [0.4, 0.5) is 0 Å². The molecule has 0 N–H and O–H groups in total. The molecular weight excluding hydrogens is 210 g/mol. The summed E-state index contributed by atoms with van der Waals surface area (Å²) in [4.78, 5) is 7.24. The van der Waals surface area contributed by atoms with E-state index in [1.54, 1.807) is 0 Å². The summed E-state index contributed by atoms with van der Waals surface area (Å²) >= 11 is 0. The van der Waals surface area contributed by atoms with Crippen molar-refractivity contribution in [1.29, 1.82) is 0 Å². The van der Waals surface area contributed by atoms with Gasteiger partial charge in [-0.2, -0.15) is 0 Å². The van der Waals surface area contributed by atoms with Crippen molar-refractivity contribution < 1.29 is 0 Å². The summed E-state index contributed by atoms with van der Waals surface area (Å²) in [5, 5.41) is 0. The Kier molecular flexibility index (Phi) is 2.44. The number of hydrogen-bond acceptors (Lipinski definition) is 2. The third-order valence-electron chi connectivity index (χ3n) is 3.89. The predicted molar refractivity (Wildman–Crippen MR) is 70.1 cm³/mol. The quantitative estimate of drug-likeness (QED) is 0.749. The van der Waals surface area contributed by atoms with Gasteiger partial charge in [0.25, 0.3) is 0 Å². The molecule has 0 saturated carbocycles. The van der Waals surface area contributed by atoms with Gasteiger partial charge < -0.3 is 4.57 Å². The van der Waals surface area contributed by atoms with E-state index in [0.717, 1.165) is 5.52 Å². The lowest BCUT2D eigenvalue weighted by molar-refractivity contribution is 0.302. The van der Waals surface area contributed by atoms with Crippen LogP contribution in [-0.4, -0.2) is 28.0 Å². The number of benzene rings is 1. The first-order valence-corrected chi connectivity index (χ1v) is 6.30.